The highest BCUT2D eigenvalue weighted by Gasteiger charge is 2.37. The van der Waals surface area contributed by atoms with Gasteiger partial charge in [0, 0.05) is 0 Å². The highest BCUT2D eigenvalue weighted by atomic mass is 16.7. The van der Waals surface area contributed by atoms with E-state index >= 15 is 0 Å². The molecule has 1 fully saturated rings. The molecule has 0 amide bonds. The van der Waals surface area contributed by atoms with Gasteiger partial charge >= 0.3 is 0 Å². The van der Waals surface area contributed by atoms with Gasteiger partial charge in [-0.2, -0.15) is 0 Å². The van der Waals surface area contributed by atoms with Crippen LogP contribution in [-0.4, -0.2) is 19.5 Å². The van der Waals surface area contributed by atoms with Crippen molar-refractivity contribution in [3.63, 3.8) is 0 Å². The van der Waals surface area contributed by atoms with Crippen molar-refractivity contribution in [2.75, 3.05) is 13.2 Å². The Morgan fingerprint density at radius 2 is 1.87 bits per heavy atom. The molecule has 1 atom stereocenters. The van der Waals surface area contributed by atoms with Gasteiger partial charge < -0.3 is 9.47 Å². The van der Waals surface area contributed by atoms with Crippen molar-refractivity contribution in [3.8, 4) is 0 Å². The van der Waals surface area contributed by atoms with E-state index in [0.717, 1.165) is 0 Å². The highest BCUT2D eigenvalue weighted by Crippen LogP contribution is 2.33. The van der Waals surface area contributed by atoms with Crippen LogP contribution in [0.4, 0.5) is 0 Å². The van der Waals surface area contributed by atoms with Crippen LogP contribution in [-0.2, 0) is 14.9 Å². The minimum Gasteiger partial charge on any atom is -0.349 e. The smallest absolute Gasteiger partial charge is 0.170 e. The quantitative estimate of drug-likeness (QED) is 0.704. The van der Waals surface area contributed by atoms with E-state index in [1.807, 2.05) is 24.3 Å². The van der Waals surface area contributed by atoms with E-state index in [0.29, 0.717) is 13.2 Å². The Kier molecular flexibility index (Phi) is 2.89. The molecule has 0 aromatic heterocycles. The van der Waals surface area contributed by atoms with Gasteiger partial charge in [-0.15, -0.1) is 6.58 Å². The summed E-state index contributed by atoms with van der Waals surface area (Å²) in [6.45, 7) is 7.32. The molecule has 0 bridgehead atoms. The topological polar surface area (TPSA) is 18.5 Å². The third kappa shape index (κ3) is 1.83. The fraction of sp³-hybridized carbons (Fsp3) is 0.385. The molecule has 80 valence electrons. The molecule has 0 spiro atoms. The first-order valence-corrected chi connectivity index (χ1v) is 5.20. The summed E-state index contributed by atoms with van der Waals surface area (Å²) in [5, 5.41) is 0. The maximum atomic E-state index is 5.57. The summed E-state index contributed by atoms with van der Waals surface area (Å²) in [5.41, 5.74) is 0.907. The molecular weight excluding hydrogens is 188 g/mol. The molecule has 15 heavy (non-hydrogen) atoms. The van der Waals surface area contributed by atoms with Gasteiger partial charge in [-0.25, -0.2) is 0 Å². The Labute approximate surface area is 90.5 Å². The van der Waals surface area contributed by atoms with Crippen molar-refractivity contribution >= 4 is 0 Å². The molecule has 2 heteroatoms. The standard InChI is InChI=1S/C13H16O2/c1-3-13(2,12-14-9-10-15-12)11-7-5-4-6-8-11/h3-8,12H,1,9-10H2,2H3. The second-order valence-electron chi connectivity index (χ2n) is 3.93. The molecule has 1 heterocycles. The zero-order valence-corrected chi connectivity index (χ0v) is 8.98. The zero-order valence-electron chi connectivity index (χ0n) is 8.98. The SMILES string of the molecule is C=CC(C)(c1ccccc1)C1OCCO1. The summed E-state index contributed by atoms with van der Waals surface area (Å²) in [6.07, 6.45) is 1.69. The van der Waals surface area contributed by atoms with Crippen LogP contribution in [0, 0.1) is 0 Å². The molecule has 0 N–H and O–H groups in total. The van der Waals surface area contributed by atoms with E-state index < -0.39 is 0 Å². The normalized spacial score (nSPS) is 21.1. The van der Waals surface area contributed by atoms with Gasteiger partial charge in [-0.3, -0.25) is 0 Å². The van der Waals surface area contributed by atoms with Crippen molar-refractivity contribution in [2.45, 2.75) is 18.6 Å². The predicted molar refractivity (Wildman–Crippen MR) is 59.7 cm³/mol. The van der Waals surface area contributed by atoms with Crippen LogP contribution >= 0.6 is 0 Å². The lowest BCUT2D eigenvalue weighted by Gasteiger charge is -2.31. The lowest BCUT2D eigenvalue weighted by atomic mass is 9.82. The maximum Gasteiger partial charge on any atom is 0.170 e. The van der Waals surface area contributed by atoms with Gasteiger partial charge in [0.15, 0.2) is 6.29 Å². The molecular formula is C13H16O2. The molecule has 0 radical (unpaired) electrons. The first-order chi connectivity index (χ1) is 7.27. The van der Waals surface area contributed by atoms with Crippen LogP contribution in [0.5, 0.6) is 0 Å². The highest BCUT2D eigenvalue weighted by molar-refractivity contribution is 5.30. The van der Waals surface area contributed by atoms with Crippen molar-refractivity contribution in [1.29, 1.82) is 0 Å². The summed E-state index contributed by atoms with van der Waals surface area (Å²) >= 11 is 0. The number of benzene rings is 1. The van der Waals surface area contributed by atoms with E-state index in [1.54, 1.807) is 0 Å². The summed E-state index contributed by atoms with van der Waals surface area (Å²) in [5.74, 6) is 0. The van der Waals surface area contributed by atoms with Crippen LogP contribution in [0.2, 0.25) is 0 Å². The molecule has 1 aromatic rings. The fourth-order valence-electron chi connectivity index (χ4n) is 1.85. The Bertz CT molecular complexity index is 328. The first kappa shape index (κ1) is 10.4. The first-order valence-electron chi connectivity index (χ1n) is 5.20. The van der Waals surface area contributed by atoms with Gasteiger partial charge in [0.1, 0.15) is 0 Å². The summed E-state index contributed by atoms with van der Waals surface area (Å²) in [6, 6.07) is 10.2. The summed E-state index contributed by atoms with van der Waals surface area (Å²) < 4.78 is 11.1. The molecule has 1 saturated heterocycles. The van der Waals surface area contributed by atoms with Crippen LogP contribution in [0.3, 0.4) is 0 Å². The Morgan fingerprint density at radius 1 is 1.27 bits per heavy atom. The van der Waals surface area contributed by atoms with Crippen molar-refractivity contribution < 1.29 is 9.47 Å². The van der Waals surface area contributed by atoms with Crippen LogP contribution in [0.25, 0.3) is 0 Å². The molecule has 1 aromatic carbocycles. The minimum atomic E-state index is -0.266. The second-order valence-corrected chi connectivity index (χ2v) is 3.93. The summed E-state index contributed by atoms with van der Waals surface area (Å²) in [4.78, 5) is 0. The number of rotatable bonds is 3. The van der Waals surface area contributed by atoms with E-state index in [-0.39, 0.29) is 11.7 Å². The summed E-state index contributed by atoms with van der Waals surface area (Å²) in [7, 11) is 0. The Morgan fingerprint density at radius 3 is 2.40 bits per heavy atom. The van der Waals surface area contributed by atoms with E-state index in [1.165, 1.54) is 5.56 Å². The van der Waals surface area contributed by atoms with Gasteiger partial charge in [0.25, 0.3) is 0 Å². The third-order valence-electron chi connectivity index (χ3n) is 2.93. The molecule has 2 rings (SSSR count). The van der Waals surface area contributed by atoms with Crippen molar-refractivity contribution in [3.05, 3.63) is 48.6 Å². The van der Waals surface area contributed by atoms with Gasteiger partial charge in [-0.1, -0.05) is 36.4 Å². The van der Waals surface area contributed by atoms with Gasteiger partial charge in [0.05, 0.1) is 18.6 Å². The lowest BCUT2D eigenvalue weighted by Crippen LogP contribution is -2.35. The third-order valence-corrected chi connectivity index (χ3v) is 2.93. The monoisotopic (exact) mass is 204 g/mol. The number of hydrogen-bond donors (Lipinski definition) is 0. The molecule has 1 aliphatic heterocycles. The average molecular weight is 204 g/mol. The molecule has 0 aliphatic carbocycles. The Hall–Kier alpha value is -1.12. The van der Waals surface area contributed by atoms with Gasteiger partial charge in [0.2, 0.25) is 0 Å². The average Bonchev–Trinajstić information content (AvgIpc) is 2.83. The molecule has 0 saturated carbocycles. The molecule has 1 aliphatic rings. The van der Waals surface area contributed by atoms with Gasteiger partial charge in [-0.05, 0) is 12.5 Å². The van der Waals surface area contributed by atoms with E-state index in [2.05, 4.69) is 25.6 Å². The second kappa shape index (κ2) is 4.17. The molecule has 2 nitrogen and oxygen atoms in total. The van der Waals surface area contributed by atoms with Crippen molar-refractivity contribution in [1.82, 2.24) is 0 Å². The number of ether oxygens (including phenoxy) is 2. The zero-order chi connectivity index (χ0) is 10.7. The predicted octanol–water partition coefficient (Wildman–Crippen LogP) is 2.50. The van der Waals surface area contributed by atoms with E-state index in [9.17, 15) is 0 Å². The van der Waals surface area contributed by atoms with Crippen LogP contribution < -0.4 is 0 Å². The van der Waals surface area contributed by atoms with Crippen molar-refractivity contribution in [2.24, 2.45) is 0 Å². The van der Waals surface area contributed by atoms with Crippen LogP contribution in [0.1, 0.15) is 12.5 Å². The number of hydrogen-bond acceptors (Lipinski definition) is 2. The molecule has 1 unspecified atom stereocenters. The fourth-order valence-corrected chi connectivity index (χ4v) is 1.85. The van der Waals surface area contributed by atoms with Crippen LogP contribution in [0.15, 0.2) is 43.0 Å². The largest absolute Gasteiger partial charge is 0.349 e. The Balaban J connectivity index is 2.32. The minimum absolute atomic E-state index is 0.211. The maximum absolute atomic E-state index is 5.57. The van der Waals surface area contributed by atoms with E-state index in [4.69, 9.17) is 9.47 Å². The lowest BCUT2D eigenvalue weighted by molar-refractivity contribution is -0.0795.